The molecule has 0 amide bonds. The average molecular weight is 285 g/mol. The van der Waals surface area contributed by atoms with Crippen molar-refractivity contribution < 1.29 is 19.1 Å². The summed E-state index contributed by atoms with van der Waals surface area (Å²) >= 11 is 0. The normalized spacial score (nSPS) is 7.59. The van der Waals surface area contributed by atoms with Gasteiger partial charge in [-0.15, -0.1) is 0 Å². The molecule has 1 atom stereocenters. The number of nitrogens with zero attached hydrogens (tertiary/aromatic N) is 1. The van der Waals surface area contributed by atoms with Gasteiger partial charge in [0.1, 0.15) is 0 Å². The summed E-state index contributed by atoms with van der Waals surface area (Å²) in [5.41, 5.74) is 9.77. The molecule has 7 nitrogen and oxygen atoms in total. The lowest BCUT2D eigenvalue weighted by molar-refractivity contribution is -0.142. The van der Waals surface area contributed by atoms with Gasteiger partial charge in [0.05, 0.1) is 26.3 Å². The lowest BCUT2D eigenvalue weighted by Gasteiger charge is -1.93. The summed E-state index contributed by atoms with van der Waals surface area (Å²) in [5.74, 6) is -0.690. The van der Waals surface area contributed by atoms with E-state index in [0.29, 0.717) is 13.2 Å². The maximum atomic E-state index is 10.1. The van der Waals surface area contributed by atoms with Crippen molar-refractivity contribution in [2.75, 3.05) is 26.3 Å². The van der Waals surface area contributed by atoms with Gasteiger partial charge in [-0.25, -0.2) is 0 Å². The van der Waals surface area contributed by atoms with E-state index < -0.39 is 0 Å². The lowest BCUT2D eigenvalue weighted by atomic mass is 10.7. The summed E-state index contributed by atoms with van der Waals surface area (Å²) in [4.78, 5) is 20.1. The van der Waals surface area contributed by atoms with Crippen molar-refractivity contribution in [3.8, 4) is 0 Å². The molecule has 0 aliphatic heterocycles. The van der Waals surface area contributed by atoms with Gasteiger partial charge in [-0.2, -0.15) is 0 Å². The minimum absolute atomic E-state index is 0.0200. The Bertz CT molecular complexity index is 187. The monoisotopic (exact) mass is 285 g/mol. The van der Waals surface area contributed by atoms with Gasteiger partial charge in [-0.3, -0.25) is 14.1 Å². The van der Waals surface area contributed by atoms with Crippen molar-refractivity contribution in [3.63, 3.8) is 0 Å². The summed E-state index contributed by atoms with van der Waals surface area (Å²) in [5, 5.41) is 0. The van der Waals surface area contributed by atoms with Crippen molar-refractivity contribution in [2.45, 2.75) is 13.8 Å². The van der Waals surface area contributed by atoms with Crippen LogP contribution in [0.1, 0.15) is 13.8 Å². The molecule has 9 heteroatoms. The highest BCUT2D eigenvalue weighted by Gasteiger charge is 1.92. The van der Waals surface area contributed by atoms with Gasteiger partial charge in [-0.1, -0.05) is 0 Å². The minimum Gasteiger partial charge on any atom is -0.465 e. The fraction of sp³-hybridized carbons (Fsp3) is 0.750. The van der Waals surface area contributed by atoms with Crippen LogP contribution in [0.4, 0.5) is 0 Å². The maximum Gasteiger partial charge on any atom is 0.319 e. The van der Waals surface area contributed by atoms with Crippen LogP contribution in [-0.2, 0) is 19.1 Å². The van der Waals surface area contributed by atoms with Gasteiger partial charge >= 0.3 is 11.9 Å². The molecule has 0 radical (unpaired) electrons. The molecule has 1 unspecified atom stereocenters. The number of ether oxygens (including phenoxy) is 2. The number of nitrogens with two attached hydrogens (primary N) is 2. The van der Waals surface area contributed by atoms with Gasteiger partial charge in [0, 0.05) is 0 Å². The zero-order chi connectivity index (χ0) is 14.1. The molecule has 17 heavy (non-hydrogen) atoms. The van der Waals surface area contributed by atoms with Crippen LogP contribution < -0.4 is 11.5 Å². The average Bonchev–Trinajstić information content (AvgIpc) is 2.31. The number of rotatable bonds is 4. The van der Waals surface area contributed by atoms with Crippen molar-refractivity contribution in [3.05, 3.63) is 0 Å². The smallest absolute Gasteiger partial charge is 0.319 e. The minimum atomic E-state index is -0.345. The first-order valence-corrected chi connectivity index (χ1v) is 5.78. The molecule has 0 aliphatic rings. The fourth-order valence-corrected chi connectivity index (χ4v) is 0.440. The topological polar surface area (TPSA) is 117 Å². The van der Waals surface area contributed by atoms with E-state index in [2.05, 4.69) is 32.4 Å². The van der Waals surface area contributed by atoms with E-state index in [1.54, 1.807) is 13.8 Å². The zero-order valence-electron chi connectivity index (χ0n) is 10.1. The molecule has 0 bridgehead atoms. The second-order valence-corrected chi connectivity index (χ2v) is 3.18. The number of esters is 2. The summed E-state index contributed by atoms with van der Waals surface area (Å²) in [6.07, 6.45) is 0. The number of hydrogen-bond acceptors (Lipinski definition) is 7. The molecule has 0 aliphatic carbocycles. The van der Waals surface area contributed by atoms with E-state index in [0.717, 1.165) is 0 Å². The van der Waals surface area contributed by atoms with Gasteiger partial charge in [0.25, 0.3) is 0 Å². The van der Waals surface area contributed by atoms with E-state index in [9.17, 15) is 9.59 Å². The highest BCUT2D eigenvalue weighted by atomic mass is 31.1. The Labute approximate surface area is 106 Å². The van der Waals surface area contributed by atoms with E-state index in [4.69, 9.17) is 11.5 Å². The van der Waals surface area contributed by atoms with Crippen LogP contribution in [0.5, 0.6) is 0 Å². The lowest BCUT2D eigenvalue weighted by Crippen LogP contribution is -2.16. The molecular weight excluding hydrogens is 264 g/mol. The summed E-state index contributed by atoms with van der Waals surface area (Å²) in [7, 11) is 4.89. The quantitative estimate of drug-likeness (QED) is 0.559. The van der Waals surface area contributed by atoms with Crippen LogP contribution in [0.3, 0.4) is 0 Å². The molecule has 0 saturated carbocycles. The summed E-state index contributed by atoms with van der Waals surface area (Å²) < 4.78 is 12.1. The standard InChI is InChI=1S/2C4H9NO2.H3NP2/c2*1-2-7-4(6)3-5;2-1-3/h2*2-3,5H2,1H3;2H,3H2. The molecule has 4 N–H and O–H groups in total. The number of hydrogen-bond donors (Lipinski definition) is 2. The molecule has 0 aromatic heterocycles. The summed E-state index contributed by atoms with van der Waals surface area (Å²) in [6, 6.07) is 0. The third-order valence-electron chi connectivity index (χ3n) is 0.944. The first kappa shape index (κ1) is 21.7. The molecule has 0 saturated heterocycles. The predicted molar refractivity (Wildman–Crippen MR) is 71.8 cm³/mol. The highest BCUT2D eigenvalue weighted by Crippen LogP contribution is 1.79. The van der Waals surface area contributed by atoms with Crippen LogP contribution in [0.15, 0.2) is 4.52 Å². The predicted octanol–water partition coefficient (Wildman–Crippen LogP) is 0.119. The van der Waals surface area contributed by atoms with Gasteiger partial charge in [0.15, 0.2) is 0 Å². The maximum absolute atomic E-state index is 10.1. The van der Waals surface area contributed by atoms with Crippen LogP contribution in [-0.4, -0.2) is 38.2 Å². The van der Waals surface area contributed by atoms with Crippen molar-refractivity contribution >= 4 is 30.4 Å². The van der Waals surface area contributed by atoms with Gasteiger partial charge < -0.3 is 20.9 Å². The van der Waals surface area contributed by atoms with Crippen LogP contribution >= 0.6 is 18.4 Å². The SMILES string of the molecule is CCOC(=O)CN.CCOC(=O)CN.P=NP. The van der Waals surface area contributed by atoms with Crippen LogP contribution in [0.2, 0.25) is 0 Å². The van der Waals surface area contributed by atoms with Gasteiger partial charge in [-0.05, 0) is 32.3 Å². The van der Waals surface area contributed by atoms with E-state index in [1.807, 2.05) is 0 Å². The first-order chi connectivity index (χ1) is 8.03. The van der Waals surface area contributed by atoms with E-state index in [-0.39, 0.29) is 25.0 Å². The fourth-order valence-electron chi connectivity index (χ4n) is 0.440. The Balaban J connectivity index is -0.000000188. The Morgan fingerprint density at radius 1 is 1.12 bits per heavy atom. The van der Waals surface area contributed by atoms with E-state index >= 15 is 0 Å². The molecule has 102 valence electrons. The van der Waals surface area contributed by atoms with Crippen molar-refractivity contribution in [2.24, 2.45) is 16.0 Å². The number of carbonyl (C=O) groups excluding carboxylic acids is 2. The van der Waals surface area contributed by atoms with Crippen molar-refractivity contribution in [1.82, 2.24) is 0 Å². The second-order valence-electron chi connectivity index (χ2n) is 2.15. The molecule has 0 heterocycles. The molecule has 0 aromatic carbocycles. The second kappa shape index (κ2) is 20.8. The third kappa shape index (κ3) is 31.3. The zero-order valence-corrected chi connectivity index (χ0v) is 12.3. The Morgan fingerprint density at radius 3 is 1.41 bits per heavy atom. The molecule has 0 aromatic rings. The van der Waals surface area contributed by atoms with Crippen LogP contribution in [0, 0.1) is 0 Å². The largest absolute Gasteiger partial charge is 0.465 e. The van der Waals surface area contributed by atoms with Gasteiger partial charge in [0.2, 0.25) is 0 Å². The third-order valence-corrected chi connectivity index (χ3v) is 0.944. The Hall–Kier alpha value is -0.610. The highest BCUT2D eigenvalue weighted by molar-refractivity contribution is 7.23. The molecular formula is C8H21N3O4P2. The Morgan fingerprint density at radius 2 is 1.35 bits per heavy atom. The first-order valence-electron chi connectivity index (χ1n) is 4.81. The molecule has 0 fully saturated rings. The summed E-state index contributed by atoms with van der Waals surface area (Å²) in [6.45, 7) is 4.27. The molecule has 0 spiro atoms. The van der Waals surface area contributed by atoms with E-state index in [1.165, 1.54) is 0 Å². The van der Waals surface area contributed by atoms with Crippen molar-refractivity contribution in [1.29, 1.82) is 0 Å². The Kier molecular flexibility index (Phi) is 26.4. The number of carbonyl (C=O) groups is 2. The van der Waals surface area contributed by atoms with Crippen LogP contribution in [0.25, 0.3) is 0 Å². The molecule has 0 rings (SSSR count).